The number of anilines is 1. The van der Waals surface area contributed by atoms with Crippen molar-refractivity contribution in [2.45, 2.75) is 25.6 Å². The van der Waals surface area contributed by atoms with E-state index in [1.807, 2.05) is 17.5 Å². The van der Waals surface area contributed by atoms with E-state index in [4.69, 9.17) is 4.74 Å². The second-order valence-corrected chi connectivity index (χ2v) is 7.43. The van der Waals surface area contributed by atoms with Gasteiger partial charge in [0, 0.05) is 55.4 Å². The van der Waals surface area contributed by atoms with Crippen molar-refractivity contribution < 1.29 is 9.84 Å². The maximum absolute atomic E-state index is 9.90. The van der Waals surface area contributed by atoms with E-state index in [9.17, 15) is 5.11 Å². The summed E-state index contributed by atoms with van der Waals surface area (Å²) in [6.07, 6.45) is 1.94. The van der Waals surface area contributed by atoms with Crippen LogP contribution in [0.25, 0.3) is 5.65 Å². The lowest BCUT2D eigenvalue weighted by molar-refractivity contribution is -0.0654. The van der Waals surface area contributed by atoms with Crippen LogP contribution in [-0.4, -0.2) is 64.2 Å². The molecule has 2 N–H and O–H groups in total. The molecule has 0 aliphatic carbocycles. The van der Waals surface area contributed by atoms with Gasteiger partial charge in [-0.3, -0.25) is 0 Å². The van der Waals surface area contributed by atoms with Crippen molar-refractivity contribution in [1.82, 2.24) is 19.9 Å². The minimum Gasteiger partial charge on any atom is -0.396 e. The van der Waals surface area contributed by atoms with E-state index in [-0.39, 0.29) is 49.0 Å². The molecule has 0 amide bonds. The fourth-order valence-corrected chi connectivity index (χ4v) is 4.95. The second-order valence-electron chi connectivity index (χ2n) is 7.43. The summed E-state index contributed by atoms with van der Waals surface area (Å²) in [5.74, 6) is 1.66. The molecule has 0 radical (unpaired) electrons. The molecule has 26 heavy (non-hydrogen) atoms. The van der Waals surface area contributed by atoms with Crippen LogP contribution in [-0.2, 0) is 4.74 Å². The van der Waals surface area contributed by atoms with Gasteiger partial charge in [0.25, 0.3) is 0 Å². The molecule has 3 aliphatic heterocycles. The molecule has 5 rings (SSSR count). The van der Waals surface area contributed by atoms with Crippen molar-refractivity contribution in [2.24, 2.45) is 11.8 Å². The molecule has 144 valence electrons. The first-order valence-electron chi connectivity index (χ1n) is 8.68. The highest BCUT2D eigenvalue weighted by atomic mass is 35.5. The Morgan fingerprint density at radius 3 is 2.96 bits per heavy atom. The topological polar surface area (TPSA) is 74.9 Å². The largest absolute Gasteiger partial charge is 0.396 e. The molecule has 4 atom stereocenters. The third kappa shape index (κ3) is 2.52. The molecule has 5 heterocycles. The fraction of sp³-hybridized carbons (Fsp3) is 0.647. The zero-order valence-corrected chi connectivity index (χ0v) is 16.5. The van der Waals surface area contributed by atoms with E-state index in [1.165, 1.54) is 0 Å². The zero-order chi connectivity index (χ0) is 16.5. The Hall–Kier alpha value is -1.12. The lowest BCUT2D eigenvalue weighted by atomic mass is 9.83. The van der Waals surface area contributed by atoms with Crippen molar-refractivity contribution in [3.05, 3.63) is 23.5 Å². The summed E-state index contributed by atoms with van der Waals surface area (Å²) < 4.78 is 8.35. The Balaban J connectivity index is 0.000000980. The molecule has 9 heteroatoms. The maximum atomic E-state index is 9.90. The molecule has 2 aromatic heterocycles. The van der Waals surface area contributed by atoms with Gasteiger partial charge in [0.05, 0.1) is 18.8 Å². The van der Waals surface area contributed by atoms with E-state index in [2.05, 4.69) is 27.2 Å². The average molecular weight is 402 g/mol. The van der Waals surface area contributed by atoms with Gasteiger partial charge >= 0.3 is 0 Å². The summed E-state index contributed by atoms with van der Waals surface area (Å²) >= 11 is 0. The van der Waals surface area contributed by atoms with Crippen LogP contribution in [0.15, 0.2) is 12.3 Å². The van der Waals surface area contributed by atoms with Gasteiger partial charge in [0.1, 0.15) is 11.4 Å². The normalized spacial score (nSPS) is 32.3. The lowest BCUT2D eigenvalue weighted by Gasteiger charge is -2.34. The van der Waals surface area contributed by atoms with E-state index in [1.54, 1.807) is 6.20 Å². The predicted octanol–water partition coefficient (Wildman–Crippen LogP) is 0.975. The molecule has 3 aliphatic rings. The van der Waals surface area contributed by atoms with E-state index in [0.717, 1.165) is 48.9 Å². The number of rotatable bonds is 2. The number of hydrogen-bond acceptors (Lipinski definition) is 6. The van der Waals surface area contributed by atoms with Crippen molar-refractivity contribution in [2.75, 3.05) is 37.7 Å². The maximum Gasteiger partial charge on any atom is 0.157 e. The Kier molecular flexibility index (Phi) is 5.13. The number of hydrogen-bond donors (Lipinski definition) is 2. The highest BCUT2D eigenvalue weighted by Crippen LogP contribution is 2.48. The first kappa shape index (κ1) is 19.6. The number of aliphatic hydroxyl groups is 1. The van der Waals surface area contributed by atoms with Gasteiger partial charge in [0.2, 0.25) is 0 Å². The van der Waals surface area contributed by atoms with Gasteiger partial charge in [-0.1, -0.05) is 0 Å². The standard InChI is InChI=1S/C17H23N5O2.2ClH/c1-10-11(2)20-15-3-4-19-22(15)16(10)21-6-13-12(7-23)14-5-18-8-17(13,9-21)24-14;;/h3-4,12-14,18,23H,5-9H2,1-2H3;2*1H/t12-,13+,14+,17+;;/m0../s1. The van der Waals surface area contributed by atoms with Crippen LogP contribution in [0, 0.1) is 25.7 Å². The molecule has 0 aromatic carbocycles. The molecule has 3 saturated heterocycles. The molecule has 1 spiro atoms. The van der Waals surface area contributed by atoms with Crippen LogP contribution in [0.3, 0.4) is 0 Å². The molecule has 7 nitrogen and oxygen atoms in total. The third-order valence-electron chi connectivity index (χ3n) is 6.20. The summed E-state index contributed by atoms with van der Waals surface area (Å²) in [4.78, 5) is 7.00. The van der Waals surface area contributed by atoms with E-state index < -0.39 is 0 Å². The molecule has 3 fully saturated rings. The third-order valence-corrected chi connectivity index (χ3v) is 6.20. The van der Waals surface area contributed by atoms with Gasteiger partial charge in [-0.2, -0.15) is 9.61 Å². The van der Waals surface area contributed by atoms with Crippen molar-refractivity contribution in [3.63, 3.8) is 0 Å². The highest BCUT2D eigenvalue weighted by Gasteiger charge is 2.61. The van der Waals surface area contributed by atoms with Gasteiger partial charge in [-0.25, -0.2) is 4.98 Å². The summed E-state index contributed by atoms with van der Waals surface area (Å²) in [6, 6.07) is 1.94. The van der Waals surface area contributed by atoms with Gasteiger partial charge in [-0.05, 0) is 13.8 Å². The van der Waals surface area contributed by atoms with Crippen molar-refractivity contribution in [3.8, 4) is 0 Å². The minimum absolute atomic E-state index is 0. The number of aliphatic hydroxyl groups excluding tert-OH is 1. The Morgan fingerprint density at radius 1 is 1.38 bits per heavy atom. The zero-order valence-electron chi connectivity index (χ0n) is 14.9. The van der Waals surface area contributed by atoms with Crippen LogP contribution in [0.5, 0.6) is 0 Å². The lowest BCUT2D eigenvalue weighted by Crippen LogP contribution is -2.52. The summed E-state index contributed by atoms with van der Waals surface area (Å²) in [5.41, 5.74) is 2.87. The van der Waals surface area contributed by atoms with Crippen molar-refractivity contribution in [1.29, 1.82) is 0 Å². The van der Waals surface area contributed by atoms with Crippen molar-refractivity contribution >= 4 is 36.3 Å². The fourth-order valence-electron chi connectivity index (χ4n) is 4.95. The summed E-state index contributed by atoms with van der Waals surface area (Å²) in [6.45, 7) is 7.77. The summed E-state index contributed by atoms with van der Waals surface area (Å²) in [5, 5.41) is 17.9. The van der Waals surface area contributed by atoms with Gasteiger partial charge < -0.3 is 20.1 Å². The average Bonchev–Trinajstić information content (AvgIpc) is 3.19. The number of fused-ring (bicyclic) bond motifs is 2. The first-order chi connectivity index (χ1) is 11.6. The highest BCUT2D eigenvalue weighted by molar-refractivity contribution is 5.85. The number of nitrogens with one attached hydrogen (secondary N) is 1. The molecule has 2 bridgehead atoms. The quantitative estimate of drug-likeness (QED) is 0.780. The van der Waals surface area contributed by atoms with Crippen LogP contribution in [0.1, 0.15) is 11.3 Å². The number of morpholine rings is 1. The number of nitrogens with zero attached hydrogens (tertiary/aromatic N) is 4. The predicted molar refractivity (Wildman–Crippen MR) is 104 cm³/mol. The second kappa shape index (κ2) is 6.80. The van der Waals surface area contributed by atoms with Crippen LogP contribution in [0.2, 0.25) is 0 Å². The minimum atomic E-state index is -0.195. The Labute approximate surface area is 164 Å². The number of aromatic nitrogens is 3. The summed E-state index contributed by atoms with van der Waals surface area (Å²) in [7, 11) is 0. The van der Waals surface area contributed by atoms with Crippen LogP contribution in [0.4, 0.5) is 5.82 Å². The molecular formula is C17H25Cl2N5O2. The van der Waals surface area contributed by atoms with E-state index >= 15 is 0 Å². The Morgan fingerprint density at radius 2 is 2.19 bits per heavy atom. The van der Waals surface area contributed by atoms with E-state index in [0.29, 0.717) is 5.92 Å². The number of halogens is 2. The van der Waals surface area contributed by atoms with Gasteiger partial charge in [-0.15, -0.1) is 24.8 Å². The van der Waals surface area contributed by atoms with Crippen LogP contribution < -0.4 is 10.2 Å². The molecule has 0 saturated carbocycles. The number of aryl methyl sites for hydroxylation is 1. The Bertz CT molecular complexity index is 816. The smallest absolute Gasteiger partial charge is 0.157 e. The monoisotopic (exact) mass is 401 g/mol. The van der Waals surface area contributed by atoms with Gasteiger partial charge in [0.15, 0.2) is 5.65 Å². The molecular weight excluding hydrogens is 377 g/mol. The SMILES string of the molecule is Cc1nc2ccnn2c(N2C[C@@H]3[C@H](CO)[C@H]4CNC[C@]3(C2)O4)c1C.Cl.Cl. The van der Waals surface area contributed by atoms with Crippen LogP contribution >= 0.6 is 24.8 Å². The molecule has 2 aromatic rings. The number of ether oxygens (including phenoxy) is 1. The molecule has 0 unspecified atom stereocenters. The first-order valence-corrected chi connectivity index (χ1v) is 8.68.